The van der Waals surface area contributed by atoms with Crippen LogP contribution in [0.15, 0.2) is 48.8 Å². The fourth-order valence-corrected chi connectivity index (χ4v) is 4.18. The SMILES string of the molecule is CC1(C)CC(=O)c2c([nH]c(-c3ccncc3)c2Cc2cccc(OCCO)c2)C1. The number of aromatic nitrogens is 2. The largest absolute Gasteiger partial charge is 0.491 e. The number of pyridine rings is 1. The van der Waals surface area contributed by atoms with Crippen LogP contribution >= 0.6 is 0 Å². The summed E-state index contributed by atoms with van der Waals surface area (Å²) in [7, 11) is 0. The Hall–Kier alpha value is -2.92. The number of Topliss-reactive ketones (excluding diaryl/α,β-unsaturated/α-hetero) is 1. The Bertz CT molecular complexity index is 1020. The number of hydrogen-bond donors (Lipinski definition) is 2. The zero-order valence-corrected chi connectivity index (χ0v) is 16.9. The van der Waals surface area contributed by atoms with E-state index in [0.29, 0.717) is 12.8 Å². The average molecular weight is 390 g/mol. The second-order valence-electron chi connectivity index (χ2n) is 8.41. The Morgan fingerprint density at radius 2 is 1.97 bits per heavy atom. The summed E-state index contributed by atoms with van der Waals surface area (Å²) >= 11 is 0. The van der Waals surface area contributed by atoms with Crippen molar-refractivity contribution in [2.75, 3.05) is 13.2 Å². The molecule has 0 bridgehead atoms. The van der Waals surface area contributed by atoms with Crippen LogP contribution in [0.2, 0.25) is 0 Å². The van der Waals surface area contributed by atoms with Crippen LogP contribution in [0, 0.1) is 5.41 Å². The monoisotopic (exact) mass is 390 g/mol. The number of aliphatic hydroxyl groups excluding tert-OH is 1. The van der Waals surface area contributed by atoms with Crippen LogP contribution in [0.3, 0.4) is 0 Å². The number of nitrogens with zero attached hydrogens (tertiary/aromatic N) is 1. The van der Waals surface area contributed by atoms with Gasteiger partial charge in [0.05, 0.1) is 12.3 Å². The molecule has 2 N–H and O–H groups in total. The van der Waals surface area contributed by atoms with Crippen molar-refractivity contribution in [3.63, 3.8) is 0 Å². The summed E-state index contributed by atoms with van der Waals surface area (Å²) in [4.78, 5) is 20.8. The molecule has 0 spiro atoms. The third-order valence-electron chi connectivity index (χ3n) is 5.36. The first-order chi connectivity index (χ1) is 14.0. The molecule has 0 aliphatic heterocycles. The Morgan fingerprint density at radius 1 is 1.17 bits per heavy atom. The second-order valence-corrected chi connectivity index (χ2v) is 8.41. The van der Waals surface area contributed by atoms with Crippen molar-refractivity contribution in [3.8, 4) is 17.0 Å². The van der Waals surface area contributed by atoms with Gasteiger partial charge in [-0.15, -0.1) is 0 Å². The van der Waals surface area contributed by atoms with Gasteiger partial charge in [0, 0.05) is 42.1 Å². The van der Waals surface area contributed by atoms with Crippen LogP contribution in [-0.2, 0) is 12.8 Å². The number of carbonyl (C=O) groups excluding carboxylic acids is 1. The quantitative estimate of drug-likeness (QED) is 0.662. The van der Waals surface area contributed by atoms with E-state index in [1.54, 1.807) is 12.4 Å². The number of nitrogens with one attached hydrogen (secondary N) is 1. The van der Waals surface area contributed by atoms with Crippen molar-refractivity contribution in [1.82, 2.24) is 9.97 Å². The summed E-state index contributed by atoms with van der Waals surface area (Å²) in [5.74, 6) is 0.925. The van der Waals surface area contributed by atoms with Crippen LogP contribution in [0.25, 0.3) is 11.3 Å². The molecule has 0 unspecified atom stereocenters. The molecule has 150 valence electrons. The predicted molar refractivity (Wildman–Crippen MR) is 112 cm³/mol. The highest BCUT2D eigenvalue weighted by molar-refractivity contribution is 6.02. The summed E-state index contributed by atoms with van der Waals surface area (Å²) in [6.07, 6.45) is 5.58. The van der Waals surface area contributed by atoms with Gasteiger partial charge in [-0.1, -0.05) is 26.0 Å². The third-order valence-corrected chi connectivity index (χ3v) is 5.36. The van der Waals surface area contributed by atoms with Gasteiger partial charge in [0.2, 0.25) is 0 Å². The molecule has 0 atom stereocenters. The van der Waals surface area contributed by atoms with E-state index in [2.05, 4.69) is 23.8 Å². The Kier molecular flexibility index (Phi) is 5.24. The molecule has 0 saturated carbocycles. The van der Waals surface area contributed by atoms with Crippen LogP contribution in [0.5, 0.6) is 5.75 Å². The second kappa shape index (κ2) is 7.84. The van der Waals surface area contributed by atoms with Gasteiger partial charge in [0.25, 0.3) is 0 Å². The maximum absolute atomic E-state index is 13.1. The normalized spacial score (nSPS) is 15.2. The van der Waals surface area contributed by atoms with Crippen molar-refractivity contribution in [1.29, 1.82) is 0 Å². The van der Waals surface area contributed by atoms with Gasteiger partial charge in [-0.3, -0.25) is 9.78 Å². The number of benzene rings is 1. The molecular weight excluding hydrogens is 364 g/mol. The van der Waals surface area contributed by atoms with E-state index in [1.807, 2.05) is 36.4 Å². The number of carbonyl (C=O) groups is 1. The van der Waals surface area contributed by atoms with E-state index in [4.69, 9.17) is 9.84 Å². The van der Waals surface area contributed by atoms with E-state index in [1.165, 1.54) is 0 Å². The average Bonchev–Trinajstić information content (AvgIpc) is 3.04. The van der Waals surface area contributed by atoms with Gasteiger partial charge in [-0.2, -0.15) is 0 Å². The summed E-state index contributed by atoms with van der Waals surface area (Å²) in [6.45, 7) is 4.52. The van der Waals surface area contributed by atoms with Crippen LogP contribution in [0.1, 0.15) is 47.4 Å². The molecular formula is C24H26N2O3. The number of hydrogen-bond acceptors (Lipinski definition) is 4. The maximum Gasteiger partial charge on any atom is 0.165 e. The summed E-state index contributed by atoms with van der Waals surface area (Å²) < 4.78 is 5.56. The molecule has 3 aromatic rings. The fourth-order valence-electron chi connectivity index (χ4n) is 4.18. The van der Waals surface area contributed by atoms with Gasteiger partial charge in [0.15, 0.2) is 5.78 Å². The molecule has 1 aliphatic carbocycles. The first kappa shape index (κ1) is 19.4. The smallest absolute Gasteiger partial charge is 0.165 e. The standard InChI is InChI=1S/C24H26N2O3/c1-24(2)14-20-22(21(28)15-24)19(23(26-20)17-6-8-25-9-7-17)13-16-4-3-5-18(12-16)29-11-10-27/h3-9,12,26-27H,10-11,13-15H2,1-2H3. The van der Waals surface area contributed by atoms with E-state index in [-0.39, 0.29) is 24.4 Å². The van der Waals surface area contributed by atoms with E-state index in [9.17, 15) is 4.79 Å². The minimum absolute atomic E-state index is 0.0218. The first-order valence-electron chi connectivity index (χ1n) is 9.97. The zero-order valence-electron chi connectivity index (χ0n) is 16.9. The van der Waals surface area contributed by atoms with Gasteiger partial charge >= 0.3 is 0 Å². The van der Waals surface area contributed by atoms with Crippen LogP contribution in [-0.4, -0.2) is 34.1 Å². The van der Waals surface area contributed by atoms with Crippen LogP contribution in [0.4, 0.5) is 0 Å². The minimum atomic E-state index is -0.0419. The van der Waals surface area contributed by atoms with Crippen molar-refractivity contribution >= 4 is 5.78 Å². The van der Waals surface area contributed by atoms with Gasteiger partial charge < -0.3 is 14.8 Å². The Morgan fingerprint density at radius 3 is 2.72 bits per heavy atom. The first-order valence-corrected chi connectivity index (χ1v) is 9.97. The van der Waals surface area contributed by atoms with Crippen molar-refractivity contribution in [2.24, 2.45) is 5.41 Å². The van der Waals surface area contributed by atoms with Gasteiger partial charge in [0.1, 0.15) is 12.4 Å². The number of aliphatic hydroxyl groups is 1. The Labute approximate surface area is 170 Å². The molecule has 29 heavy (non-hydrogen) atoms. The van der Waals surface area contributed by atoms with Crippen molar-refractivity contribution in [3.05, 3.63) is 71.2 Å². The maximum atomic E-state index is 13.1. The number of ether oxygens (including phenoxy) is 1. The van der Waals surface area contributed by atoms with Gasteiger partial charge in [-0.05, 0) is 47.2 Å². The van der Waals surface area contributed by atoms with E-state index in [0.717, 1.165) is 45.8 Å². The number of H-pyrrole nitrogens is 1. The molecule has 1 aliphatic rings. The highest BCUT2D eigenvalue weighted by Gasteiger charge is 2.35. The highest BCUT2D eigenvalue weighted by Crippen LogP contribution is 2.40. The molecule has 0 fully saturated rings. The van der Waals surface area contributed by atoms with E-state index >= 15 is 0 Å². The highest BCUT2D eigenvalue weighted by atomic mass is 16.5. The number of fused-ring (bicyclic) bond motifs is 1. The predicted octanol–water partition coefficient (Wildman–Crippen LogP) is 4.19. The lowest BCUT2D eigenvalue weighted by Crippen LogP contribution is -2.27. The lowest BCUT2D eigenvalue weighted by molar-refractivity contribution is 0.0911. The molecule has 2 aromatic heterocycles. The lowest BCUT2D eigenvalue weighted by Gasteiger charge is -2.28. The van der Waals surface area contributed by atoms with Crippen molar-refractivity contribution in [2.45, 2.75) is 33.1 Å². The topological polar surface area (TPSA) is 75.2 Å². The summed E-state index contributed by atoms with van der Waals surface area (Å²) in [5, 5.41) is 9.00. The third kappa shape index (κ3) is 4.10. The molecule has 5 heteroatoms. The van der Waals surface area contributed by atoms with Crippen LogP contribution < -0.4 is 4.74 Å². The number of aromatic amines is 1. The molecule has 2 heterocycles. The summed E-state index contributed by atoms with van der Waals surface area (Å²) in [6, 6.07) is 11.8. The number of rotatable bonds is 6. The summed E-state index contributed by atoms with van der Waals surface area (Å²) in [5.41, 5.74) is 5.95. The van der Waals surface area contributed by atoms with Crippen molar-refractivity contribution < 1.29 is 14.6 Å². The number of ketones is 1. The minimum Gasteiger partial charge on any atom is -0.491 e. The molecule has 0 radical (unpaired) electrons. The van der Waals surface area contributed by atoms with Gasteiger partial charge in [-0.25, -0.2) is 0 Å². The molecule has 0 amide bonds. The zero-order chi connectivity index (χ0) is 20.4. The molecule has 0 saturated heterocycles. The molecule has 4 rings (SSSR count). The fraction of sp³-hybridized carbons (Fsp3) is 0.333. The molecule has 5 nitrogen and oxygen atoms in total. The Balaban J connectivity index is 1.78. The lowest BCUT2D eigenvalue weighted by atomic mass is 9.75. The molecule has 1 aromatic carbocycles. The van der Waals surface area contributed by atoms with E-state index < -0.39 is 0 Å².